The summed E-state index contributed by atoms with van der Waals surface area (Å²) in [5.74, 6) is -1.17. The molecule has 0 spiro atoms. The van der Waals surface area contributed by atoms with Crippen molar-refractivity contribution in [2.24, 2.45) is 0 Å². The highest BCUT2D eigenvalue weighted by atomic mass is 79.9. The maximum absolute atomic E-state index is 13.3. The van der Waals surface area contributed by atoms with Crippen LogP contribution in [0.1, 0.15) is 16.7 Å². The Hall–Kier alpha value is -3.36. The van der Waals surface area contributed by atoms with Crippen LogP contribution < -0.4 is 15.0 Å². The summed E-state index contributed by atoms with van der Waals surface area (Å²) in [6.45, 7) is 2.33. The maximum Gasteiger partial charge on any atom is 0.270 e. The second kappa shape index (κ2) is 9.64. The Kier molecular flexibility index (Phi) is 6.67. The van der Waals surface area contributed by atoms with Crippen molar-refractivity contribution in [3.63, 3.8) is 0 Å². The summed E-state index contributed by atoms with van der Waals surface area (Å²) in [5, 5.41) is 2.45. The normalized spacial score (nSPS) is 15.1. The molecule has 0 aromatic heterocycles. The first-order chi connectivity index (χ1) is 15.8. The summed E-state index contributed by atoms with van der Waals surface area (Å²) in [4.78, 5) is 27.0. The van der Waals surface area contributed by atoms with E-state index in [1.54, 1.807) is 12.1 Å². The minimum Gasteiger partial charge on any atom is -0.488 e. The first kappa shape index (κ1) is 22.8. The summed E-state index contributed by atoms with van der Waals surface area (Å²) in [7, 11) is 0. The zero-order valence-corrected chi connectivity index (χ0v) is 19.9. The van der Waals surface area contributed by atoms with E-state index in [9.17, 15) is 14.0 Å². The lowest BCUT2D eigenvalue weighted by atomic mass is 10.1. The van der Waals surface area contributed by atoms with Crippen molar-refractivity contribution in [3.8, 4) is 5.75 Å². The van der Waals surface area contributed by atoms with E-state index >= 15 is 0 Å². The Morgan fingerprint density at radius 3 is 2.58 bits per heavy atom. The molecule has 0 aliphatic carbocycles. The average Bonchev–Trinajstić information content (AvgIpc) is 2.77. The molecular formula is C25H18BrFN2O3S. The lowest BCUT2D eigenvalue weighted by molar-refractivity contribution is -0.122. The molecule has 3 aromatic carbocycles. The fourth-order valence-corrected chi connectivity index (χ4v) is 4.02. The molecule has 8 heteroatoms. The largest absolute Gasteiger partial charge is 0.488 e. The number of amides is 2. The SMILES string of the molecule is Cc1cccc(COc2ccc(Br)cc2/C=C2/C(=O)NC(=S)N(c3ccc(F)cc3)C2=O)c1. The van der Waals surface area contributed by atoms with Gasteiger partial charge in [-0.25, -0.2) is 4.39 Å². The fourth-order valence-electron chi connectivity index (χ4n) is 3.36. The van der Waals surface area contributed by atoms with Gasteiger partial charge in [0, 0.05) is 10.0 Å². The molecule has 1 N–H and O–H groups in total. The second-order valence-electron chi connectivity index (χ2n) is 7.39. The third kappa shape index (κ3) is 5.18. The molecule has 3 aromatic rings. The zero-order valence-electron chi connectivity index (χ0n) is 17.5. The minimum absolute atomic E-state index is 0.0704. The standard InChI is InChI=1S/C25H18BrFN2O3S/c1-15-3-2-4-16(11-15)14-32-22-10-5-18(26)12-17(22)13-21-23(30)28-25(33)29(24(21)31)20-8-6-19(27)7-9-20/h2-13H,14H2,1H3,(H,28,30,33)/b21-13-. The first-order valence-corrected chi connectivity index (χ1v) is 11.2. The number of nitrogens with one attached hydrogen (secondary N) is 1. The summed E-state index contributed by atoms with van der Waals surface area (Å²) in [6.07, 6.45) is 1.46. The number of halogens is 2. The van der Waals surface area contributed by atoms with Gasteiger partial charge in [-0.2, -0.15) is 0 Å². The smallest absolute Gasteiger partial charge is 0.270 e. The third-order valence-corrected chi connectivity index (χ3v) is 5.71. The lowest BCUT2D eigenvalue weighted by Gasteiger charge is -2.29. The third-order valence-electron chi connectivity index (χ3n) is 4.93. The van der Waals surface area contributed by atoms with E-state index in [1.807, 2.05) is 37.3 Å². The Morgan fingerprint density at radius 1 is 1.09 bits per heavy atom. The predicted octanol–water partition coefficient (Wildman–Crippen LogP) is 5.31. The van der Waals surface area contributed by atoms with Crippen LogP contribution in [-0.2, 0) is 16.2 Å². The van der Waals surface area contributed by atoms with Crippen LogP contribution in [-0.4, -0.2) is 16.9 Å². The highest BCUT2D eigenvalue weighted by Gasteiger charge is 2.34. The number of rotatable bonds is 5. The van der Waals surface area contributed by atoms with Crippen molar-refractivity contribution in [2.75, 3.05) is 4.90 Å². The predicted molar refractivity (Wildman–Crippen MR) is 132 cm³/mol. The number of carbonyl (C=O) groups excluding carboxylic acids is 2. The van der Waals surface area contributed by atoms with Gasteiger partial charge in [-0.1, -0.05) is 45.8 Å². The highest BCUT2D eigenvalue weighted by molar-refractivity contribution is 9.10. The number of nitrogens with zero attached hydrogens (tertiary/aromatic N) is 1. The average molecular weight is 525 g/mol. The van der Waals surface area contributed by atoms with Crippen molar-refractivity contribution in [3.05, 3.63) is 99.3 Å². The van der Waals surface area contributed by atoms with Gasteiger partial charge < -0.3 is 4.74 Å². The number of hydrogen-bond acceptors (Lipinski definition) is 4. The summed E-state index contributed by atoms with van der Waals surface area (Å²) < 4.78 is 20.1. The van der Waals surface area contributed by atoms with Gasteiger partial charge in [0.15, 0.2) is 5.11 Å². The number of aryl methyl sites for hydroxylation is 1. The van der Waals surface area contributed by atoms with Gasteiger partial charge in [-0.15, -0.1) is 0 Å². The molecule has 4 rings (SSSR count). The number of benzene rings is 3. The van der Waals surface area contributed by atoms with E-state index in [0.29, 0.717) is 23.6 Å². The highest BCUT2D eigenvalue weighted by Crippen LogP contribution is 2.29. The van der Waals surface area contributed by atoms with Crippen LogP contribution in [0, 0.1) is 12.7 Å². The quantitative estimate of drug-likeness (QED) is 0.279. The molecule has 0 saturated carbocycles. The molecule has 0 radical (unpaired) electrons. The van der Waals surface area contributed by atoms with Crippen LogP contribution in [0.2, 0.25) is 0 Å². The molecule has 0 bridgehead atoms. The second-order valence-corrected chi connectivity index (χ2v) is 8.70. The molecule has 2 amide bonds. The molecule has 1 saturated heterocycles. The number of thiocarbonyl (C=S) groups is 1. The van der Waals surface area contributed by atoms with Crippen molar-refractivity contribution >= 4 is 56.8 Å². The van der Waals surface area contributed by atoms with Gasteiger partial charge in [0.2, 0.25) is 0 Å². The Bertz CT molecular complexity index is 1290. The molecule has 0 unspecified atom stereocenters. The topological polar surface area (TPSA) is 58.6 Å². The maximum atomic E-state index is 13.3. The van der Waals surface area contributed by atoms with Gasteiger partial charge in [0.05, 0.1) is 5.69 Å². The Balaban J connectivity index is 1.67. The molecule has 0 atom stereocenters. The van der Waals surface area contributed by atoms with Crippen LogP contribution in [0.15, 0.2) is 76.8 Å². The van der Waals surface area contributed by atoms with Crippen LogP contribution in [0.5, 0.6) is 5.75 Å². The van der Waals surface area contributed by atoms with Crippen LogP contribution in [0.3, 0.4) is 0 Å². The van der Waals surface area contributed by atoms with Gasteiger partial charge in [-0.05, 0) is 73.2 Å². The summed E-state index contributed by atoms with van der Waals surface area (Å²) >= 11 is 8.61. The van der Waals surface area contributed by atoms with E-state index < -0.39 is 17.6 Å². The van der Waals surface area contributed by atoms with Crippen molar-refractivity contribution in [1.82, 2.24) is 5.32 Å². The number of carbonyl (C=O) groups is 2. The van der Waals surface area contributed by atoms with Crippen LogP contribution >= 0.6 is 28.1 Å². The number of hydrogen-bond donors (Lipinski definition) is 1. The van der Waals surface area contributed by atoms with E-state index in [2.05, 4.69) is 21.2 Å². The molecular weight excluding hydrogens is 507 g/mol. The van der Waals surface area contributed by atoms with Crippen molar-refractivity contribution < 1.29 is 18.7 Å². The monoisotopic (exact) mass is 524 g/mol. The molecule has 33 heavy (non-hydrogen) atoms. The molecule has 166 valence electrons. The molecule has 1 heterocycles. The van der Waals surface area contributed by atoms with Crippen LogP contribution in [0.25, 0.3) is 6.08 Å². The zero-order chi connectivity index (χ0) is 23.5. The van der Waals surface area contributed by atoms with Gasteiger partial charge in [0.25, 0.3) is 11.8 Å². The number of anilines is 1. The Morgan fingerprint density at radius 2 is 1.85 bits per heavy atom. The minimum atomic E-state index is -0.618. The first-order valence-electron chi connectivity index (χ1n) is 9.97. The summed E-state index contributed by atoms with van der Waals surface area (Å²) in [5.41, 5.74) is 2.89. The van der Waals surface area contributed by atoms with E-state index in [1.165, 1.54) is 30.3 Å². The molecule has 1 aliphatic rings. The van der Waals surface area contributed by atoms with E-state index in [0.717, 1.165) is 20.5 Å². The van der Waals surface area contributed by atoms with E-state index in [4.69, 9.17) is 17.0 Å². The van der Waals surface area contributed by atoms with E-state index in [-0.39, 0.29) is 10.7 Å². The van der Waals surface area contributed by atoms with Crippen molar-refractivity contribution in [2.45, 2.75) is 13.5 Å². The molecule has 1 fully saturated rings. The Labute approximate surface area is 204 Å². The number of ether oxygens (including phenoxy) is 1. The molecule has 5 nitrogen and oxygen atoms in total. The van der Waals surface area contributed by atoms with Gasteiger partial charge in [0.1, 0.15) is 23.7 Å². The fraction of sp³-hybridized carbons (Fsp3) is 0.0800. The molecule has 1 aliphatic heterocycles. The van der Waals surface area contributed by atoms with Gasteiger partial charge >= 0.3 is 0 Å². The lowest BCUT2D eigenvalue weighted by Crippen LogP contribution is -2.54. The van der Waals surface area contributed by atoms with Gasteiger partial charge in [-0.3, -0.25) is 19.8 Å². The summed E-state index contributed by atoms with van der Waals surface area (Å²) in [6, 6.07) is 18.6. The van der Waals surface area contributed by atoms with Crippen molar-refractivity contribution in [1.29, 1.82) is 0 Å². The van der Waals surface area contributed by atoms with Crippen LogP contribution in [0.4, 0.5) is 10.1 Å².